The van der Waals surface area contributed by atoms with Gasteiger partial charge in [-0.15, -0.1) is 0 Å². The zero-order chi connectivity index (χ0) is 25.0. The molecule has 34 heavy (non-hydrogen) atoms. The molecule has 0 spiro atoms. The quantitative estimate of drug-likeness (QED) is 0.313. The number of benzene rings is 2. The maximum atomic E-state index is 13.6. The van der Waals surface area contributed by atoms with Crippen LogP contribution in [0.25, 0.3) is 11.3 Å². The lowest BCUT2D eigenvalue weighted by Crippen LogP contribution is -2.12. The topological polar surface area (TPSA) is 31.4 Å². The molecule has 0 N–H and O–H groups in total. The van der Waals surface area contributed by atoms with Gasteiger partial charge in [0.25, 0.3) is 0 Å². The number of nitrogens with zero attached hydrogens (tertiary/aromatic N) is 1. The highest BCUT2D eigenvalue weighted by Crippen LogP contribution is 2.36. The normalized spacial score (nSPS) is 11.7. The highest BCUT2D eigenvalue weighted by molar-refractivity contribution is 5.70. The molecule has 2 aromatic carbocycles. The van der Waals surface area contributed by atoms with Crippen LogP contribution in [0, 0.1) is 12.7 Å². The average Bonchev–Trinajstić information content (AvgIpc) is 2.77. The number of rotatable bonds is 8. The fourth-order valence-electron chi connectivity index (χ4n) is 3.87. The van der Waals surface area contributed by atoms with Gasteiger partial charge < -0.3 is 9.47 Å². The smallest absolute Gasteiger partial charge is 0.419 e. The SMILES string of the molecule is CCc1cccc(CC)c1-c1cc(OC(C)C)c(COc2ccc(F)c(C(F)(F)F)c2)c(C)n1. The highest BCUT2D eigenvalue weighted by Gasteiger charge is 2.34. The van der Waals surface area contributed by atoms with Crippen LogP contribution in [0.5, 0.6) is 11.5 Å². The molecule has 7 heteroatoms. The van der Waals surface area contributed by atoms with Crippen LogP contribution in [0.1, 0.15) is 55.6 Å². The van der Waals surface area contributed by atoms with E-state index in [-0.39, 0.29) is 18.5 Å². The minimum Gasteiger partial charge on any atom is -0.490 e. The van der Waals surface area contributed by atoms with E-state index < -0.39 is 17.6 Å². The lowest BCUT2D eigenvalue weighted by molar-refractivity contribution is -0.140. The summed E-state index contributed by atoms with van der Waals surface area (Å²) in [6.45, 7) is 9.73. The second-order valence-electron chi connectivity index (χ2n) is 8.32. The Hall–Kier alpha value is -3.09. The zero-order valence-electron chi connectivity index (χ0n) is 20.0. The van der Waals surface area contributed by atoms with Gasteiger partial charge in [-0.1, -0.05) is 32.0 Å². The van der Waals surface area contributed by atoms with Gasteiger partial charge in [0.1, 0.15) is 23.9 Å². The minimum absolute atomic E-state index is 0.0693. The summed E-state index contributed by atoms with van der Waals surface area (Å²) in [6, 6.07) is 10.7. The molecular formula is C27H29F4NO2. The van der Waals surface area contributed by atoms with Crippen molar-refractivity contribution in [2.45, 2.75) is 66.3 Å². The predicted molar refractivity (Wildman–Crippen MR) is 125 cm³/mol. The molecule has 0 saturated carbocycles. The maximum Gasteiger partial charge on any atom is 0.419 e. The Morgan fingerprint density at radius 3 is 2.18 bits per heavy atom. The van der Waals surface area contributed by atoms with Crippen molar-refractivity contribution in [1.82, 2.24) is 4.98 Å². The van der Waals surface area contributed by atoms with E-state index in [1.165, 1.54) is 17.2 Å². The lowest BCUT2D eigenvalue weighted by Gasteiger charge is -2.20. The van der Waals surface area contributed by atoms with E-state index in [0.29, 0.717) is 23.1 Å². The lowest BCUT2D eigenvalue weighted by atomic mass is 9.94. The first-order valence-electron chi connectivity index (χ1n) is 11.3. The predicted octanol–water partition coefficient (Wildman–Crippen LogP) is 7.71. The summed E-state index contributed by atoms with van der Waals surface area (Å²) in [5, 5.41) is 0. The number of hydrogen-bond acceptors (Lipinski definition) is 3. The van der Waals surface area contributed by atoms with Gasteiger partial charge in [-0.05, 0) is 62.9 Å². The molecular weight excluding hydrogens is 446 g/mol. The second-order valence-corrected chi connectivity index (χ2v) is 8.32. The van der Waals surface area contributed by atoms with Crippen molar-refractivity contribution < 1.29 is 27.0 Å². The highest BCUT2D eigenvalue weighted by atomic mass is 19.4. The largest absolute Gasteiger partial charge is 0.490 e. The number of alkyl halides is 3. The fraction of sp³-hybridized carbons (Fsp3) is 0.370. The molecule has 0 atom stereocenters. The first kappa shape index (κ1) is 25.5. The van der Waals surface area contributed by atoms with E-state index in [4.69, 9.17) is 14.5 Å². The van der Waals surface area contributed by atoms with Crippen LogP contribution in [0.15, 0.2) is 42.5 Å². The first-order chi connectivity index (χ1) is 16.0. The van der Waals surface area contributed by atoms with Crippen LogP contribution in [0.4, 0.5) is 17.6 Å². The monoisotopic (exact) mass is 475 g/mol. The van der Waals surface area contributed by atoms with Crippen molar-refractivity contribution in [1.29, 1.82) is 0 Å². The van der Waals surface area contributed by atoms with Crippen LogP contribution < -0.4 is 9.47 Å². The Morgan fingerprint density at radius 2 is 1.62 bits per heavy atom. The van der Waals surface area contributed by atoms with Crippen LogP contribution >= 0.6 is 0 Å². The summed E-state index contributed by atoms with van der Waals surface area (Å²) in [5.41, 5.74) is 4.13. The number of aromatic nitrogens is 1. The number of aryl methyl sites for hydroxylation is 3. The molecule has 0 saturated heterocycles. The van der Waals surface area contributed by atoms with Gasteiger partial charge in [-0.25, -0.2) is 4.39 Å². The maximum absolute atomic E-state index is 13.6. The van der Waals surface area contributed by atoms with Crippen molar-refractivity contribution >= 4 is 0 Å². The van der Waals surface area contributed by atoms with E-state index in [2.05, 4.69) is 26.0 Å². The molecule has 0 aliphatic rings. The third kappa shape index (κ3) is 5.69. The summed E-state index contributed by atoms with van der Waals surface area (Å²) in [6.07, 6.45) is -3.25. The summed E-state index contributed by atoms with van der Waals surface area (Å²) < 4.78 is 64.5. The molecule has 1 heterocycles. The number of ether oxygens (including phenoxy) is 2. The molecule has 0 radical (unpaired) electrons. The van der Waals surface area contributed by atoms with E-state index in [9.17, 15) is 17.6 Å². The number of halogens is 4. The van der Waals surface area contributed by atoms with E-state index in [0.717, 1.165) is 30.2 Å². The first-order valence-corrected chi connectivity index (χ1v) is 11.3. The minimum atomic E-state index is -4.81. The van der Waals surface area contributed by atoms with Crippen LogP contribution in [0.2, 0.25) is 0 Å². The molecule has 0 aliphatic carbocycles. The molecule has 3 aromatic rings. The Morgan fingerprint density at radius 1 is 0.971 bits per heavy atom. The van der Waals surface area contributed by atoms with E-state index >= 15 is 0 Å². The molecule has 3 rings (SSSR count). The van der Waals surface area contributed by atoms with Crippen LogP contribution in [-0.4, -0.2) is 11.1 Å². The van der Waals surface area contributed by atoms with Crippen molar-refractivity contribution in [3.8, 4) is 22.8 Å². The zero-order valence-corrected chi connectivity index (χ0v) is 20.0. The van der Waals surface area contributed by atoms with Gasteiger partial charge in [0.05, 0.1) is 22.9 Å². The van der Waals surface area contributed by atoms with Crippen molar-refractivity contribution in [2.24, 2.45) is 0 Å². The Labute approximate surface area is 197 Å². The molecule has 0 bridgehead atoms. The Bertz CT molecular complexity index is 1130. The average molecular weight is 476 g/mol. The Balaban J connectivity index is 2.02. The molecule has 3 nitrogen and oxygen atoms in total. The van der Waals surface area contributed by atoms with Crippen molar-refractivity contribution in [3.05, 3.63) is 76.2 Å². The number of hydrogen-bond donors (Lipinski definition) is 0. The second kappa shape index (κ2) is 10.5. The fourth-order valence-corrected chi connectivity index (χ4v) is 3.87. The van der Waals surface area contributed by atoms with Gasteiger partial charge in [0, 0.05) is 17.3 Å². The summed E-state index contributed by atoms with van der Waals surface area (Å²) in [7, 11) is 0. The molecule has 182 valence electrons. The standard InChI is InChI=1S/C27H29F4NO2/c1-6-18-9-8-10-19(7-2)26(18)24-14-25(34-16(3)4)21(17(5)32-24)15-33-20-11-12-23(28)22(13-20)27(29,30)31/h8-14,16H,6-7,15H2,1-5H3. The van der Waals surface area contributed by atoms with Crippen molar-refractivity contribution in [3.63, 3.8) is 0 Å². The molecule has 0 aliphatic heterocycles. The molecule has 1 aromatic heterocycles. The Kier molecular flexibility index (Phi) is 7.85. The van der Waals surface area contributed by atoms with Crippen LogP contribution in [-0.2, 0) is 25.6 Å². The van der Waals surface area contributed by atoms with Crippen molar-refractivity contribution in [2.75, 3.05) is 0 Å². The number of pyridine rings is 1. The van der Waals surface area contributed by atoms with E-state index in [1.807, 2.05) is 32.9 Å². The van der Waals surface area contributed by atoms with Crippen LogP contribution in [0.3, 0.4) is 0 Å². The van der Waals surface area contributed by atoms with Gasteiger partial charge >= 0.3 is 6.18 Å². The summed E-state index contributed by atoms with van der Waals surface area (Å²) >= 11 is 0. The van der Waals surface area contributed by atoms with Gasteiger partial charge in [-0.3, -0.25) is 4.98 Å². The molecule has 0 amide bonds. The van der Waals surface area contributed by atoms with Gasteiger partial charge in [0.15, 0.2) is 0 Å². The third-order valence-electron chi connectivity index (χ3n) is 5.53. The van der Waals surface area contributed by atoms with E-state index in [1.54, 1.807) is 0 Å². The summed E-state index contributed by atoms with van der Waals surface area (Å²) in [5.74, 6) is -0.867. The van der Waals surface area contributed by atoms with Gasteiger partial charge in [-0.2, -0.15) is 13.2 Å². The third-order valence-corrected chi connectivity index (χ3v) is 5.53. The molecule has 0 fully saturated rings. The summed E-state index contributed by atoms with van der Waals surface area (Å²) in [4.78, 5) is 4.81. The molecule has 0 unspecified atom stereocenters. The van der Waals surface area contributed by atoms with Gasteiger partial charge in [0.2, 0.25) is 0 Å².